The van der Waals surface area contributed by atoms with Gasteiger partial charge in [0.05, 0.1) is 16.7 Å². The molecule has 2 N–H and O–H groups in total. The molecule has 0 saturated heterocycles. The number of ether oxygens (including phenoxy) is 1. The predicted molar refractivity (Wildman–Crippen MR) is 87.4 cm³/mol. The summed E-state index contributed by atoms with van der Waals surface area (Å²) < 4.78 is 9.93. The minimum absolute atomic E-state index is 0.0839. The molecule has 0 radical (unpaired) electrons. The Morgan fingerprint density at radius 3 is 2.84 bits per heavy atom. The molecule has 0 aliphatic heterocycles. The van der Waals surface area contributed by atoms with E-state index in [1.165, 1.54) is 13.0 Å². The number of benzene rings is 1. The van der Waals surface area contributed by atoms with E-state index < -0.39 is 17.8 Å². The normalized spacial score (nSPS) is 13.2. The van der Waals surface area contributed by atoms with E-state index >= 15 is 0 Å². The summed E-state index contributed by atoms with van der Waals surface area (Å²) in [5, 5.41) is 23.3. The number of nitriles is 1. The molecule has 8 heteroatoms. The summed E-state index contributed by atoms with van der Waals surface area (Å²) in [6.07, 6.45) is -1.07. The number of nitrogens with one attached hydrogen (secondary N) is 1. The average molecular weight is 338 g/mol. The zero-order chi connectivity index (χ0) is 18.0. The van der Waals surface area contributed by atoms with E-state index in [4.69, 9.17) is 9.26 Å². The van der Waals surface area contributed by atoms with E-state index in [9.17, 15) is 15.2 Å². The van der Waals surface area contributed by atoms with Crippen LogP contribution in [-0.4, -0.2) is 32.3 Å². The fourth-order valence-electron chi connectivity index (χ4n) is 2.24. The second kappa shape index (κ2) is 6.49. The summed E-state index contributed by atoms with van der Waals surface area (Å²) in [7, 11) is 0. The van der Waals surface area contributed by atoms with Crippen LogP contribution in [0.25, 0.3) is 16.6 Å². The topological polar surface area (TPSA) is 125 Å². The summed E-state index contributed by atoms with van der Waals surface area (Å²) in [5.74, 6) is -1.09. The number of aryl methyl sites for hydroxylation is 1. The molecule has 25 heavy (non-hydrogen) atoms. The van der Waals surface area contributed by atoms with Gasteiger partial charge in [-0.05, 0) is 26.0 Å². The van der Waals surface area contributed by atoms with Crippen molar-refractivity contribution in [2.24, 2.45) is 0 Å². The Hall–Kier alpha value is -3.60. The number of aromatic amines is 1. The third kappa shape index (κ3) is 3.21. The van der Waals surface area contributed by atoms with E-state index in [0.717, 1.165) is 5.52 Å². The average Bonchev–Trinajstić information content (AvgIpc) is 3.21. The number of carbonyl (C=O) groups is 1. The molecule has 0 unspecified atom stereocenters. The first-order chi connectivity index (χ1) is 12.0. The lowest BCUT2D eigenvalue weighted by atomic mass is 10.1. The van der Waals surface area contributed by atoms with Crippen LogP contribution in [0.1, 0.15) is 29.0 Å². The monoisotopic (exact) mass is 338 g/mol. The van der Waals surface area contributed by atoms with Gasteiger partial charge in [0.2, 0.25) is 5.76 Å². The third-order valence-corrected chi connectivity index (χ3v) is 3.49. The van der Waals surface area contributed by atoms with Crippen LogP contribution >= 0.6 is 0 Å². The van der Waals surface area contributed by atoms with Gasteiger partial charge in [0, 0.05) is 6.07 Å². The van der Waals surface area contributed by atoms with Crippen LogP contribution in [0.2, 0.25) is 0 Å². The van der Waals surface area contributed by atoms with Crippen molar-refractivity contribution in [1.82, 2.24) is 15.1 Å². The summed E-state index contributed by atoms with van der Waals surface area (Å²) in [6, 6.07) is 10.5. The van der Waals surface area contributed by atoms with E-state index in [1.54, 1.807) is 19.1 Å². The standard InChI is InChI=1S/C17H14N4O4/c1-9-7-14(25-21-9)17(23)24-10(2)15(22)11(8-18)16-19-12-5-3-4-6-13(12)20-16/h3-7,10,22H,1-2H3,(H,19,20)/b15-11-/t10-/m1/s1. The lowest BCUT2D eigenvalue weighted by molar-refractivity contribution is 0.0289. The second-order valence-electron chi connectivity index (χ2n) is 5.35. The molecular weight excluding hydrogens is 324 g/mol. The Bertz CT molecular complexity index is 976. The van der Waals surface area contributed by atoms with Crippen LogP contribution in [0.15, 0.2) is 40.6 Å². The van der Waals surface area contributed by atoms with Crippen LogP contribution in [0.3, 0.4) is 0 Å². The van der Waals surface area contributed by atoms with Crippen molar-refractivity contribution in [3.63, 3.8) is 0 Å². The van der Waals surface area contributed by atoms with Gasteiger partial charge in [-0.2, -0.15) is 5.26 Å². The van der Waals surface area contributed by atoms with Gasteiger partial charge in [0.1, 0.15) is 11.6 Å². The molecule has 1 aromatic carbocycles. The van der Waals surface area contributed by atoms with Gasteiger partial charge >= 0.3 is 5.97 Å². The molecule has 0 aliphatic rings. The van der Waals surface area contributed by atoms with Gasteiger partial charge in [-0.15, -0.1) is 0 Å². The van der Waals surface area contributed by atoms with E-state index in [0.29, 0.717) is 11.2 Å². The van der Waals surface area contributed by atoms with Crippen LogP contribution in [-0.2, 0) is 4.74 Å². The zero-order valence-corrected chi connectivity index (χ0v) is 13.5. The van der Waals surface area contributed by atoms with Crippen molar-refractivity contribution in [1.29, 1.82) is 5.26 Å². The molecule has 8 nitrogen and oxygen atoms in total. The minimum atomic E-state index is -1.07. The molecular formula is C17H14N4O4. The summed E-state index contributed by atoms with van der Waals surface area (Å²) >= 11 is 0. The van der Waals surface area contributed by atoms with E-state index in [1.807, 2.05) is 18.2 Å². The summed E-state index contributed by atoms with van der Waals surface area (Å²) in [4.78, 5) is 19.2. The number of fused-ring (bicyclic) bond motifs is 1. The Morgan fingerprint density at radius 1 is 1.44 bits per heavy atom. The largest absolute Gasteiger partial charge is 0.507 e. The number of allylic oxidation sites excluding steroid dienone is 1. The molecule has 0 amide bonds. The Kier molecular flexibility index (Phi) is 4.22. The second-order valence-corrected chi connectivity index (χ2v) is 5.35. The highest BCUT2D eigenvalue weighted by atomic mass is 16.6. The van der Waals surface area contributed by atoms with Crippen LogP contribution in [0.5, 0.6) is 0 Å². The smallest absolute Gasteiger partial charge is 0.377 e. The lowest BCUT2D eigenvalue weighted by Gasteiger charge is -2.12. The highest BCUT2D eigenvalue weighted by molar-refractivity contribution is 5.87. The molecule has 0 spiro atoms. The number of carbonyl (C=O) groups excluding carboxylic acids is 1. The van der Waals surface area contributed by atoms with Crippen molar-refractivity contribution < 1.29 is 19.2 Å². The first kappa shape index (κ1) is 16.3. The maximum absolute atomic E-state index is 12.0. The van der Waals surface area contributed by atoms with Gasteiger partial charge in [0.15, 0.2) is 17.7 Å². The van der Waals surface area contributed by atoms with Gasteiger partial charge in [0.25, 0.3) is 0 Å². The number of aromatic nitrogens is 3. The molecule has 0 saturated carbocycles. The van der Waals surface area contributed by atoms with Crippen LogP contribution in [0.4, 0.5) is 0 Å². The lowest BCUT2D eigenvalue weighted by Crippen LogP contribution is -2.18. The third-order valence-electron chi connectivity index (χ3n) is 3.49. The Labute approximate surface area is 142 Å². The SMILES string of the molecule is Cc1cc(C(=O)O[C@H](C)/C(O)=C(\C#N)c2nc3ccccc3[nH]2)on1. The Morgan fingerprint density at radius 2 is 2.20 bits per heavy atom. The summed E-state index contributed by atoms with van der Waals surface area (Å²) in [6.45, 7) is 3.10. The number of esters is 1. The highest BCUT2D eigenvalue weighted by Crippen LogP contribution is 2.21. The summed E-state index contributed by atoms with van der Waals surface area (Å²) in [5.41, 5.74) is 1.80. The van der Waals surface area contributed by atoms with Crippen molar-refractivity contribution in [3.8, 4) is 6.07 Å². The van der Waals surface area contributed by atoms with Crippen molar-refractivity contribution in [2.45, 2.75) is 20.0 Å². The molecule has 0 aliphatic carbocycles. The number of nitrogens with zero attached hydrogens (tertiary/aromatic N) is 3. The number of H-pyrrole nitrogens is 1. The van der Waals surface area contributed by atoms with Gasteiger partial charge in [-0.3, -0.25) is 0 Å². The number of aliphatic hydroxyl groups excluding tert-OH is 1. The maximum Gasteiger partial charge on any atom is 0.377 e. The van der Waals surface area contributed by atoms with Crippen molar-refractivity contribution in [3.05, 3.63) is 53.4 Å². The molecule has 2 heterocycles. The minimum Gasteiger partial charge on any atom is -0.507 e. The molecule has 0 fully saturated rings. The molecule has 126 valence electrons. The fourth-order valence-corrected chi connectivity index (χ4v) is 2.24. The van der Waals surface area contributed by atoms with E-state index in [2.05, 4.69) is 15.1 Å². The quantitative estimate of drug-likeness (QED) is 0.425. The number of rotatable bonds is 4. The maximum atomic E-state index is 12.0. The van der Waals surface area contributed by atoms with Gasteiger partial charge in [-0.25, -0.2) is 9.78 Å². The molecule has 3 rings (SSSR count). The Balaban J connectivity index is 1.87. The predicted octanol–water partition coefficient (Wildman–Crippen LogP) is 2.90. The zero-order valence-electron chi connectivity index (χ0n) is 13.5. The fraction of sp³-hybridized carbons (Fsp3) is 0.176. The van der Waals surface area contributed by atoms with Crippen molar-refractivity contribution >= 4 is 22.6 Å². The number of hydrogen-bond donors (Lipinski definition) is 2. The van der Waals surface area contributed by atoms with Gasteiger partial charge in [-0.1, -0.05) is 17.3 Å². The van der Waals surface area contributed by atoms with E-state index in [-0.39, 0.29) is 17.2 Å². The molecule has 1 atom stereocenters. The molecule has 2 aromatic heterocycles. The highest BCUT2D eigenvalue weighted by Gasteiger charge is 2.23. The van der Waals surface area contributed by atoms with Crippen LogP contribution in [0, 0.1) is 18.3 Å². The van der Waals surface area contributed by atoms with Gasteiger partial charge < -0.3 is 19.4 Å². The number of para-hydroxylation sites is 2. The number of imidazole rings is 1. The first-order valence-electron chi connectivity index (χ1n) is 7.42. The number of aliphatic hydroxyl groups is 1. The molecule has 3 aromatic rings. The molecule has 0 bridgehead atoms. The first-order valence-corrected chi connectivity index (χ1v) is 7.42. The van der Waals surface area contributed by atoms with Crippen LogP contribution < -0.4 is 0 Å². The number of hydrogen-bond acceptors (Lipinski definition) is 7. The van der Waals surface area contributed by atoms with Crippen molar-refractivity contribution in [2.75, 3.05) is 0 Å².